The van der Waals surface area contributed by atoms with Gasteiger partial charge in [-0.3, -0.25) is 0 Å². The molecule has 4 heteroatoms. The van der Waals surface area contributed by atoms with E-state index in [2.05, 4.69) is 115 Å². The highest BCUT2D eigenvalue weighted by molar-refractivity contribution is 6.14. The largest absolute Gasteiger partial charge is 0.456 e. The molecule has 0 saturated heterocycles. The molecule has 2 heterocycles. The molecule has 9 rings (SSSR count). The van der Waals surface area contributed by atoms with Gasteiger partial charge in [-0.05, 0) is 51.2 Å². The molecular weight excluding hydrogens is 574 g/mol. The highest BCUT2D eigenvalue weighted by atomic mass is 16.3. The summed E-state index contributed by atoms with van der Waals surface area (Å²) in [4.78, 5) is 15.0. The molecule has 4 nitrogen and oxygen atoms in total. The second-order valence-corrected chi connectivity index (χ2v) is 11.6. The van der Waals surface area contributed by atoms with Gasteiger partial charge in [0.25, 0.3) is 0 Å². The average molecular weight is 602 g/mol. The average Bonchev–Trinajstić information content (AvgIpc) is 3.53. The van der Waals surface area contributed by atoms with Crippen molar-refractivity contribution in [2.24, 2.45) is 0 Å². The van der Waals surface area contributed by atoms with Crippen molar-refractivity contribution in [2.75, 3.05) is 0 Å². The molecule has 0 radical (unpaired) electrons. The van der Waals surface area contributed by atoms with Crippen molar-refractivity contribution < 1.29 is 4.42 Å². The van der Waals surface area contributed by atoms with Gasteiger partial charge in [0, 0.05) is 27.5 Å². The first-order valence-electron chi connectivity index (χ1n) is 15.7. The molecule has 0 unspecified atom stereocenters. The van der Waals surface area contributed by atoms with Crippen LogP contribution >= 0.6 is 0 Å². The Labute approximate surface area is 271 Å². The van der Waals surface area contributed by atoms with Crippen LogP contribution in [-0.4, -0.2) is 15.0 Å². The van der Waals surface area contributed by atoms with Crippen molar-refractivity contribution in [2.45, 2.75) is 0 Å². The van der Waals surface area contributed by atoms with Crippen LogP contribution in [0.3, 0.4) is 0 Å². The first-order valence-corrected chi connectivity index (χ1v) is 15.7. The molecule has 0 N–H and O–H groups in total. The maximum atomic E-state index is 6.54. The summed E-state index contributed by atoms with van der Waals surface area (Å²) in [6.45, 7) is 0. The van der Waals surface area contributed by atoms with Gasteiger partial charge < -0.3 is 4.42 Å². The van der Waals surface area contributed by atoms with Crippen LogP contribution in [0.2, 0.25) is 0 Å². The zero-order valence-corrected chi connectivity index (χ0v) is 25.3. The molecule has 0 atom stereocenters. The minimum absolute atomic E-state index is 0.596. The summed E-state index contributed by atoms with van der Waals surface area (Å²) in [5.74, 6) is 1.86. The fourth-order valence-electron chi connectivity index (χ4n) is 6.54. The summed E-state index contributed by atoms with van der Waals surface area (Å²) in [7, 11) is 0. The number of nitrogens with zero attached hydrogens (tertiary/aromatic N) is 3. The molecule has 220 valence electrons. The minimum atomic E-state index is 0.596. The van der Waals surface area contributed by atoms with E-state index in [1.165, 1.54) is 16.7 Å². The highest BCUT2D eigenvalue weighted by Gasteiger charge is 2.18. The first-order chi connectivity index (χ1) is 23.3. The predicted octanol–water partition coefficient (Wildman–Crippen LogP) is 11.3. The maximum absolute atomic E-state index is 6.54. The number of furan rings is 1. The monoisotopic (exact) mass is 601 g/mol. The molecule has 2 aromatic heterocycles. The second-order valence-electron chi connectivity index (χ2n) is 11.6. The fourth-order valence-corrected chi connectivity index (χ4v) is 6.54. The summed E-state index contributed by atoms with van der Waals surface area (Å²) in [5.41, 5.74) is 9.07. The summed E-state index contributed by atoms with van der Waals surface area (Å²) in [6.07, 6.45) is 0. The van der Waals surface area contributed by atoms with Gasteiger partial charge in [-0.25, -0.2) is 15.0 Å². The molecule has 0 aliphatic carbocycles. The Hall–Kier alpha value is -6.39. The molecule has 0 fully saturated rings. The lowest BCUT2D eigenvalue weighted by Crippen LogP contribution is -2.00. The summed E-state index contributed by atoms with van der Waals surface area (Å²) in [6, 6.07) is 56.3. The number of aromatic nitrogens is 3. The maximum Gasteiger partial charge on any atom is 0.164 e. The Bertz CT molecular complexity index is 2570. The van der Waals surface area contributed by atoms with Gasteiger partial charge in [-0.1, -0.05) is 146 Å². The normalized spacial score (nSPS) is 11.4. The molecule has 0 amide bonds. The summed E-state index contributed by atoms with van der Waals surface area (Å²) < 4.78 is 6.54. The lowest BCUT2D eigenvalue weighted by atomic mass is 9.92. The van der Waals surface area contributed by atoms with Gasteiger partial charge in [0.05, 0.1) is 0 Å². The topological polar surface area (TPSA) is 51.8 Å². The van der Waals surface area contributed by atoms with Crippen molar-refractivity contribution in [3.63, 3.8) is 0 Å². The van der Waals surface area contributed by atoms with Gasteiger partial charge in [0.1, 0.15) is 11.2 Å². The molecule has 0 saturated carbocycles. The smallest absolute Gasteiger partial charge is 0.164 e. The summed E-state index contributed by atoms with van der Waals surface area (Å²) >= 11 is 0. The number of rotatable bonds is 5. The standard InChI is InChI=1S/C43H27N3O/c1-3-13-28(14-4-1)32-19-9-10-21-34(32)35-22-12-24-38-40(35)37-26-25-31(27-39(37)47-38)42-44-41(30-16-5-2-6-17-30)45-43(46-42)36-23-11-18-29-15-7-8-20-33(29)36/h1-27H. The number of hydrogen-bond donors (Lipinski definition) is 0. The van der Waals surface area contributed by atoms with Crippen LogP contribution in [0, 0.1) is 0 Å². The van der Waals surface area contributed by atoms with E-state index in [1.54, 1.807) is 0 Å². The fraction of sp³-hybridized carbons (Fsp3) is 0. The van der Waals surface area contributed by atoms with Crippen LogP contribution in [0.5, 0.6) is 0 Å². The summed E-state index contributed by atoms with van der Waals surface area (Å²) in [5, 5.41) is 4.38. The van der Waals surface area contributed by atoms with Gasteiger partial charge in [0.2, 0.25) is 0 Å². The Morgan fingerprint density at radius 2 is 0.936 bits per heavy atom. The van der Waals surface area contributed by atoms with Gasteiger partial charge in [-0.2, -0.15) is 0 Å². The number of fused-ring (bicyclic) bond motifs is 4. The van der Waals surface area contributed by atoms with Gasteiger partial charge in [0.15, 0.2) is 17.5 Å². The zero-order valence-electron chi connectivity index (χ0n) is 25.3. The van der Waals surface area contributed by atoms with Crippen molar-refractivity contribution in [3.05, 3.63) is 164 Å². The minimum Gasteiger partial charge on any atom is -0.456 e. The molecule has 0 spiro atoms. The zero-order chi connectivity index (χ0) is 31.2. The highest BCUT2D eigenvalue weighted by Crippen LogP contribution is 2.41. The van der Waals surface area contributed by atoms with Gasteiger partial charge in [-0.15, -0.1) is 0 Å². The van der Waals surface area contributed by atoms with Crippen LogP contribution < -0.4 is 0 Å². The van der Waals surface area contributed by atoms with Crippen LogP contribution in [-0.2, 0) is 0 Å². The predicted molar refractivity (Wildman–Crippen MR) is 192 cm³/mol. The van der Waals surface area contributed by atoms with Gasteiger partial charge >= 0.3 is 0 Å². The van der Waals surface area contributed by atoms with E-state index >= 15 is 0 Å². The van der Waals surface area contributed by atoms with Crippen molar-refractivity contribution in [3.8, 4) is 56.4 Å². The first kappa shape index (κ1) is 27.0. The molecule has 0 aliphatic heterocycles. The molecular formula is C43H27N3O. The third-order valence-corrected chi connectivity index (χ3v) is 8.76. The molecule has 7 aromatic carbocycles. The van der Waals surface area contributed by atoms with E-state index in [9.17, 15) is 0 Å². The van der Waals surface area contributed by atoms with Crippen LogP contribution in [0.15, 0.2) is 168 Å². The third kappa shape index (κ3) is 4.75. The van der Waals surface area contributed by atoms with Crippen LogP contribution in [0.25, 0.3) is 89.1 Å². The van der Waals surface area contributed by atoms with E-state index in [-0.39, 0.29) is 0 Å². The SMILES string of the molecule is c1ccc(-c2nc(-c3ccc4c(c3)oc3cccc(-c5ccccc5-c5ccccc5)c34)nc(-c3cccc4ccccc34)n2)cc1. The van der Waals surface area contributed by atoms with Crippen molar-refractivity contribution >= 4 is 32.7 Å². The van der Waals surface area contributed by atoms with E-state index in [1.807, 2.05) is 48.5 Å². The van der Waals surface area contributed by atoms with E-state index in [0.29, 0.717) is 17.5 Å². The lowest BCUT2D eigenvalue weighted by molar-refractivity contribution is 0.669. The number of benzene rings is 7. The second kappa shape index (κ2) is 11.2. The van der Waals surface area contributed by atoms with Crippen molar-refractivity contribution in [1.29, 1.82) is 0 Å². The third-order valence-electron chi connectivity index (χ3n) is 8.76. The van der Waals surface area contributed by atoms with Crippen molar-refractivity contribution in [1.82, 2.24) is 15.0 Å². The molecule has 9 aromatic rings. The Morgan fingerprint density at radius 3 is 1.77 bits per heavy atom. The Morgan fingerprint density at radius 1 is 0.340 bits per heavy atom. The van der Waals surface area contributed by atoms with E-state index in [4.69, 9.17) is 19.4 Å². The van der Waals surface area contributed by atoms with E-state index in [0.717, 1.165) is 55.0 Å². The van der Waals surface area contributed by atoms with Crippen LogP contribution in [0.1, 0.15) is 0 Å². The molecule has 47 heavy (non-hydrogen) atoms. The Balaban J connectivity index is 1.22. The lowest BCUT2D eigenvalue weighted by Gasteiger charge is -2.11. The quantitative estimate of drug-likeness (QED) is 0.197. The number of hydrogen-bond acceptors (Lipinski definition) is 4. The van der Waals surface area contributed by atoms with E-state index < -0.39 is 0 Å². The molecule has 0 bridgehead atoms. The Kier molecular flexibility index (Phi) is 6.43. The van der Waals surface area contributed by atoms with Crippen LogP contribution in [0.4, 0.5) is 0 Å². The molecule has 0 aliphatic rings.